The highest BCUT2D eigenvalue weighted by Crippen LogP contribution is 2.28. The van der Waals surface area contributed by atoms with Crippen LogP contribution < -0.4 is 5.32 Å². The highest BCUT2D eigenvalue weighted by atomic mass is 15.3. The van der Waals surface area contributed by atoms with Gasteiger partial charge in [-0.05, 0) is 18.4 Å². The molecular formula is C13H18N2. The number of fused-ring (bicyclic) bond motifs is 2. The third-order valence-corrected chi connectivity index (χ3v) is 3.74. The van der Waals surface area contributed by atoms with Crippen molar-refractivity contribution in [2.24, 2.45) is 0 Å². The zero-order valence-electron chi connectivity index (χ0n) is 9.02. The van der Waals surface area contributed by atoms with Crippen molar-refractivity contribution in [1.82, 2.24) is 10.2 Å². The van der Waals surface area contributed by atoms with Crippen molar-refractivity contribution in [1.29, 1.82) is 0 Å². The van der Waals surface area contributed by atoms with Crippen molar-refractivity contribution in [3.63, 3.8) is 0 Å². The van der Waals surface area contributed by atoms with Crippen molar-refractivity contribution < 1.29 is 0 Å². The molecular weight excluding hydrogens is 184 g/mol. The maximum absolute atomic E-state index is 3.52. The summed E-state index contributed by atoms with van der Waals surface area (Å²) in [6, 6.07) is 12.4. The van der Waals surface area contributed by atoms with E-state index in [4.69, 9.17) is 0 Å². The van der Waals surface area contributed by atoms with E-state index in [-0.39, 0.29) is 0 Å². The maximum Gasteiger partial charge on any atom is 0.0240 e. The Morgan fingerprint density at radius 3 is 2.40 bits per heavy atom. The minimum Gasteiger partial charge on any atom is -0.314 e. The molecule has 0 aliphatic carbocycles. The molecule has 80 valence electrons. The van der Waals surface area contributed by atoms with Gasteiger partial charge in [0.05, 0.1) is 0 Å². The summed E-state index contributed by atoms with van der Waals surface area (Å²) in [5.74, 6) is 0. The molecule has 0 radical (unpaired) electrons. The lowest BCUT2D eigenvalue weighted by atomic mass is 10.1. The lowest BCUT2D eigenvalue weighted by Crippen LogP contribution is -2.51. The zero-order chi connectivity index (χ0) is 10.1. The molecule has 2 atom stereocenters. The molecule has 2 heteroatoms. The summed E-state index contributed by atoms with van der Waals surface area (Å²) in [4.78, 5) is 2.69. The van der Waals surface area contributed by atoms with E-state index in [1.54, 1.807) is 0 Å². The number of rotatable bonds is 2. The van der Waals surface area contributed by atoms with Gasteiger partial charge in [0.25, 0.3) is 0 Å². The molecule has 1 N–H and O–H groups in total. The number of benzene rings is 1. The number of nitrogens with one attached hydrogen (secondary N) is 1. The second kappa shape index (κ2) is 3.95. The lowest BCUT2D eigenvalue weighted by molar-refractivity contribution is 0.145. The Labute approximate surface area is 91.3 Å². The minimum absolute atomic E-state index is 0.781. The number of hydrogen-bond acceptors (Lipinski definition) is 2. The van der Waals surface area contributed by atoms with Gasteiger partial charge in [-0.25, -0.2) is 0 Å². The van der Waals surface area contributed by atoms with Crippen molar-refractivity contribution in [3.05, 3.63) is 35.9 Å². The van der Waals surface area contributed by atoms with Crippen LogP contribution in [0.5, 0.6) is 0 Å². The average molecular weight is 202 g/mol. The Morgan fingerprint density at radius 1 is 1.07 bits per heavy atom. The fourth-order valence-corrected chi connectivity index (χ4v) is 2.92. The van der Waals surface area contributed by atoms with Gasteiger partial charge in [0, 0.05) is 31.7 Å². The van der Waals surface area contributed by atoms with E-state index in [0.29, 0.717) is 0 Å². The van der Waals surface area contributed by atoms with Crippen LogP contribution in [0.2, 0.25) is 0 Å². The summed E-state index contributed by atoms with van der Waals surface area (Å²) in [5.41, 5.74) is 1.45. The smallest absolute Gasteiger partial charge is 0.0240 e. The molecule has 0 spiro atoms. The first kappa shape index (κ1) is 9.37. The van der Waals surface area contributed by atoms with Crippen molar-refractivity contribution >= 4 is 0 Å². The number of nitrogens with zero attached hydrogens (tertiary/aromatic N) is 1. The van der Waals surface area contributed by atoms with Crippen LogP contribution in [0.15, 0.2) is 30.3 Å². The molecule has 2 saturated heterocycles. The molecule has 1 aromatic carbocycles. The number of piperazine rings is 1. The van der Waals surface area contributed by atoms with E-state index in [0.717, 1.165) is 18.6 Å². The highest BCUT2D eigenvalue weighted by Gasteiger charge is 2.35. The van der Waals surface area contributed by atoms with Crippen LogP contribution in [0.4, 0.5) is 0 Å². The number of hydrogen-bond donors (Lipinski definition) is 1. The quantitative estimate of drug-likeness (QED) is 0.784. The second-order valence-electron chi connectivity index (χ2n) is 4.70. The Balaban J connectivity index is 1.73. The molecule has 1 aromatic rings. The highest BCUT2D eigenvalue weighted by molar-refractivity contribution is 5.15. The topological polar surface area (TPSA) is 15.3 Å². The van der Waals surface area contributed by atoms with Crippen molar-refractivity contribution in [3.8, 4) is 0 Å². The van der Waals surface area contributed by atoms with Gasteiger partial charge in [-0.3, -0.25) is 4.90 Å². The molecule has 2 bridgehead atoms. The standard InChI is InChI=1S/C13H18N2/c1-2-4-11(5-3-1)10-15-12-6-7-13(15)9-14-8-12/h1-5,12-14H,6-10H2/t12-,13+. The summed E-state index contributed by atoms with van der Waals surface area (Å²) in [6.45, 7) is 3.50. The lowest BCUT2D eigenvalue weighted by Gasteiger charge is -2.35. The van der Waals surface area contributed by atoms with E-state index in [1.807, 2.05) is 0 Å². The molecule has 0 amide bonds. The molecule has 2 nitrogen and oxygen atoms in total. The van der Waals surface area contributed by atoms with Crippen LogP contribution >= 0.6 is 0 Å². The van der Waals surface area contributed by atoms with Gasteiger partial charge >= 0.3 is 0 Å². The van der Waals surface area contributed by atoms with Crippen LogP contribution in [0.25, 0.3) is 0 Å². The second-order valence-corrected chi connectivity index (χ2v) is 4.70. The Morgan fingerprint density at radius 2 is 1.73 bits per heavy atom. The Bertz CT molecular complexity index is 307. The van der Waals surface area contributed by atoms with Crippen molar-refractivity contribution in [2.75, 3.05) is 13.1 Å². The minimum atomic E-state index is 0.781. The molecule has 3 rings (SSSR count). The fraction of sp³-hybridized carbons (Fsp3) is 0.538. The zero-order valence-corrected chi connectivity index (χ0v) is 9.02. The summed E-state index contributed by atoms with van der Waals surface area (Å²) >= 11 is 0. The van der Waals surface area contributed by atoms with Gasteiger partial charge < -0.3 is 5.32 Å². The maximum atomic E-state index is 3.52. The SMILES string of the molecule is c1ccc(CN2[C@@H]3CC[C@H]2CNC3)cc1. The summed E-state index contributed by atoms with van der Waals surface area (Å²) in [6.07, 6.45) is 2.76. The van der Waals surface area contributed by atoms with E-state index >= 15 is 0 Å². The molecule has 0 aromatic heterocycles. The Kier molecular flexibility index (Phi) is 2.47. The first-order valence-corrected chi connectivity index (χ1v) is 5.94. The van der Waals surface area contributed by atoms with Crippen LogP contribution in [-0.2, 0) is 6.54 Å². The molecule has 2 aliphatic rings. The van der Waals surface area contributed by atoms with Gasteiger partial charge in [-0.1, -0.05) is 30.3 Å². The van der Waals surface area contributed by atoms with E-state index < -0.39 is 0 Å². The van der Waals surface area contributed by atoms with E-state index in [9.17, 15) is 0 Å². The molecule has 0 unspecified atom stereocenters. The van der Waals surface area contributed by atoms with Gasteiger partial charge in [0.2, 0.25) is 0 Å². The largest absolute Gasteiger partial charge is 0.314 e. The molecule has 2 heterocycles. The molecule has 15 heavy (non-hydrogen) atoms. The van der Waals surface area contributed by atoms with Gasteiger partial charge in [0.1, 0.15) is 0 Å². The molecule has 2 aliphatic heterocycles. The van der Waals surface area contributed by atoms with Crippen LogP contribution in [0.3, 0.4) is 0 Å². The Hall–Kier alpha value is -0.860. The fourth-order valence-electron chi connectivity index (χ4n) is 2.92. The van der Waals surface area contributed by atoms with E-state index in [1.165, 1.54) is 31.5 Å². The van der Waals surface area contributed by atoms with Crippen molar-refractivity contribution in [2.45, 2.75) is 31.5 Å². The average Bonchev–Trinajstić information content (AvgIpc) is 2.53. The third-order valence-electron chi connectivity index (χ3n) is 3.74. The van der Waals surface area contributed by atoms with Crippen LogP contribution in [0, 0.1) is 0 Å². The van der Waals surface area contributed by atoms with E-state index in [2.05, 4.69) is 40.5 Å². The van der Waals surface area contributed by atoms with Gasteiger partial charge in [0.15, 0.2) is 0 Å². The first-order valence-electron chi connectivity index (χ1n) is 5.94. The van der Waals surface area contributed by atoms with Crippen LogP contribution in [-0.4, -0.2) is 30.1 Å². The summed E-state index contributed by atoms with van der Waals surface area (Å²) in [7, 11) is 0. The monoisotopic (exact) mass is 202 g/mol. The third kappa shape index (κ3) is 1.80. The van der Waals surface area contributed by atoms with Gasteiger partial charge in [-0.15, -0.1) is 0 Å². The predicted octanol–water partition coefficient (Wildman–Crippen LogP) is 1.62. The molecule has 0 saturated carbocycles. The predicted molar refractivity (Wildman–Crippen MR) is 61.7 cm³/mol. The van der Waals surface area contributed by atoms with Crippen LogP contribution in [0.1, 0.15) is 18.4 Å². The first-order chi connectivity index (χ1) is 7.43. The molecule has 2 fully saturated rings. The summed E-state index contributed by atoms with van der Waals surface area (Å²) < 4.78 is 0. The normalized spacial score (nSPS) is 30.7. The van der Waals surface area contributed by atoms with Gasteiger partial charge in [-0.2, -0.15) is 0 Å². The summed E-state index contributed by atoms with van der Waals surface area (Å²) in [5, 5.41) is 3.52.